The molecule has 0 spiro atoms. The van der Waals surface area contributed by atoms with Gasteiger partial charge in [-0.2, -0.15) is 0 Å². The molecule has 1 aliphatic heterocycles. The largest absolute Gasteiger partial charge is 0.465 e. The molecule has 1 heterocycles. The van der Waals surface area contributed by atoms with Crippen molar-refractivity contribution >= 4 is 29.6 Å². The van der Waals surface area contributed by atoms with Gasteiger partial charge in [-0.3, -0.25) is 14.5 Å². The second kappa shape index (κ2) is 8.36. The van der Waals surface area contributed by atoms with Crippen LogP contribution in [0.2, 0.25) is 5.02 Å². The van der Waals surface area contributed by atoms with Crippen molar-refractivity contribution in [3.05, 3.63) is 34.9 Å². The molecule has 0 radical (unpaired) electrons. The maximum absolute atomic E-state index is 12.9. The molecule has 1 aliphatic rings. The fraction of sp³-hybridized carbons (Fsp3) is 0.526. The molecule has 2 amide bonds. The quantitative estimate of drug-likeness (QED) is 0.654. The zero-order chi connectivity index (χ0) is 21.1. The van der Waals surface area contributed by atoms with Crippen LogP contribution in [-0.4, -0.2) is 52.8 Å². The van der Waals surface area contributed by atoms with Crippen LogP contribution in [-0.2, 0) is 9.53 Å². The zero-order valence-corrected chi connectivity index (χ0v) is 17.0. The van der Waals surface area contributed by atoms with Gasteiger partial charge in [-0.15, -0.1) is 0 Å². The topological polar surface area (TPSA) is 122 Å². The number of carbonyl (C=O) groups excluding carboxylic acids is 2. The van der Waals surface area contributed by atoms with Crippen LogP contribution in [0.1, 0.15) is 44.0 Å². The van der Waals surface area contributed by atoms with Crippen LogP contribution in [0.25, 0.3) is 0 Å². The second-order valence-corrected chi connectivity index (χ2v) is 8.41. The summed E-state index contributed by atoms with van der Waals surface area (Å²) in [6.07, 6.45) is -1.76. The van der Waals surface area contributed by atoms with E-state index in [9.17, 15) is 19.5 Å². The van der Waals surface area contributed by atoms with Crippen LogP contribution in [0.15, 0.2) is 24.3 Å². The van der Waals surface area contributed by atoms with Gasteiger partial charge in [0.15, 0.2) is 0 Å². The van der Waals surface area contributed by atoms with E-state index in [1.165, 1.54) is 0 Å². The summed E-state index contributed by atoms with van der Waals surface area (Å²) in [6.45, 7) is 5.31. The third-order valence-electron chi connectivity index (χ3n) is 4.60. The summed E-state index contributed by atoms with van der Waals surface area (Å²) in [6, 6.07) is 6.36. The van der Waals surface area contributed by atoms with E-state index in [2.05, 4.69) is 5.32 Å². The Bertz CT molecular complexity index is 747. The molecule has 1 aromatic carbocycles. The summed E-state index contributed by atoms with van der Waals surface area (Å²) in [7, 11) is 0. The molecule has 2 unspecified atom stereocenters. The number of nitrogens with one attached hydrogen (secondary N) is 1. The molecule has 0 bridgehead atoms. The Kier molecular flexibility index (Phi) is 6.56. The first-order valence-corrected chi connectivity index (χ1v) is 9.34. The molecular formula is C19H26ClN3O5. The number of carboxylic acid groups (broad SMARTS) is 1. The number of hydrogen-bond donors (Lipinski definition) is 3. The average molecular weight is 412 g/mol. The molecule has 1 saturated heterocycles. The average Bonchev–Trinajstić information content (AvgIpc) is 2.58. The Hall–Kier alpha value is -2.32. The maximum atomic E-state index is 12.9. The lowest BCUT2D eigenvalue weighted by Gasteiger charge is -2.43. The number of ether oxygens (including phenoxy) is 1. The predicted octanol–water partition coefficient (Wildman–Crippen LogP) is 2.46. The van der Waals surface area contributed by atoms with E-state index < -0.39 is 29.2 Å². The van der Waals surface area contributed by atoms with E-state index >= 15 is 0 Å². The van der Waals surface area contributed by atoms with Gasteiger partial charge in [-0.25, -0.2) is 4.79 Å². The summed E-state index contributed by atoms with van der Waals surface area (Å²) < 4.78 is 5.55. The first-order chi connectivity index (χ1) is 12.9. The number of likely N-dealkylation sites (tertiary alicyclic amines) is 1. The SMILES string of the molecule is CC(C)(C)OC(=O)C1(CNC(=O)c2ccc(Cl)cc2)CCN(C(=O)O)C(N)C1. The van der Waals surface area contributed by atoms with Gasteiger partial charge in [0.25, 0.3) is 5.91 Å². The van der Waals surface area contributed by atoms with Gasteiger partial charge in [-0.1, -0.05) is 11.6 Å². The van der Waals surface area contributed by atoms with Gasteiger partial charge < -0.3 is 20.9 Å². The fourth-order valence-corrected chi connectivity index (χ4v) is 3.23. The van der Waals surface area contributed by atoms with Crippen molar-refractivity contribution in [2.75, 3.05) is 13.1 Å². The molecule has 2 rings (SSSR count). The summed E-state index contributed by atoms with van der Waals surface area (Å²) >= 11 is 5.84. The van der Waals surface area contributed by atoms with Crippen LogP contribution < -0.4 is 11.1 Å². The van der Waals surface area contributed by atoms with Gasteiger partial charge in [0.1, 0.15) is 5.60 Å². The Morgan fingerprint density at radius 1 is 1.32 bits per heavy atom. The minimum Gasteiger partial charge on any atom is -0.465 e. The summed E-state index contributed by atoms with van der Waals surface area (Å²) in [5.41, 5.74) is 4.57. The Morgan fingerprint density at radius 3 is 2.43 bits per heavy atom. The first-order valence-electron chi connectivity index (χ1n) is 8.96. The Labute approximate surface area is 169 Å². The minimum absolute atomic E-state index is 0.00939. The monoisotopic (exact) mass is 411 g/mol. The first kappa shape index (κ1) is 22.0. The number of benzene rings is 1. The number of nitrogens with zero attached hydrogens (tertiary/aromatic N) is 1. The number of rotatable bonds is 4. The lowest BCUT2D eigenvalue weighted by atomic mass is 9.76. The molecule has 154 valence electrons. The molecule has 1 aromatic rings. The van der Waals surface area contributed by atoms with Crippen LogP contribution in [0, 0.1) is 5.41 Å². The number of hydrogen-bond acceptors (Lipinski definition) is 5. The van der Waals surface area contributed by atoms with Crippen LogP contribution in [0.4, 0.5) is 4.79 Å². The fourth-order valence-electron chi connectivity index (χ4n) is 3.11. The molecule has 9 heteroatoms. The number of piperidine rings is 1. The molecule has 0 aliphatic carbocycles. The van der Waals surface area contributed by atoms with Crippen molar-refractivity contribution in [2.45, 2.75) is 45.4 Å². The highest BCUT2D eigenvalue weighted by atomic mass is 35.5. The molecule has 0 aromatic heterocycles. The van der Waals surface area contributed by atoms with Gasteiger partial charge in [0.2, 0.25) is 0 Å². The van der Waals surface area contributed by atoms with Crippen molar-refractivity contribution in [1.29, 1.82) is 0 Å². The maximum Gasteiger partial charge on any atom is 0.408 e. The molecule has 8 nitrogen and oxygen atoms in total. The van der Waals surface area contributed by atoms with Crippen LogP contribution in [0.5, 0.6) is 0 Å². The summed E-state index contributed by atoms with van der Waals surface area (Å²) in [5.74, 6) is -0.870. The van der Waals surface area contributed by atoms with Crippen molar-refractivity contribution < 1.29 is 24.2 Å². The molecule has 4 N–H and O–H groups in total. The Morgan fingerprint density at radius 2 is 1.93 bits per heavy atom. The van der Waals surface area contributed by atoms with Crippen molar-refractivity contribution in [3.8, 4) is 0 Å². The highest BCUT2D eigenvalue weighted by Gasteiger charge is 2.48. The third-order valence-corrected chi connectivity index (χ3v) is 4.85. The second-order valence-electron chi connectivity index (χ2n) is 7.97. The summed E-state index contributed by atoms with van der Waals surface area (Å²) in [4.78, 5) is 37.8. The van der Waals surface area contributed by atoms with E-state index in [-0.39, 0.29) is 31.8 Å². The van der Waals surface area contributed by atoms with Gasteiger partial charge in [0, 0.05) is 23.7 Å². The van der Waals surface area contributed by atoms with Crippen LogP contribution in [0.3, 0.4) is 0 Å². The summed E-state index contributed by atoms with van der Waals surface area (Å²) in [5, 5.41) is 12.5. The highest BCUT2D eigenvalue weighted by molar-refractivity contribution is 6.30. The van der Waals surface area contributed by atoms with Crippen molar-refractivity contribution in [3.63, 3.8) is 0 Å². The van der Waals surface area contributed by atoms with Gasteiger partial charge >= 0.3 is 12.1 Å². The van der Waals surface area contributed by atoms with Crippen LogP contribution >= 0.6 is 11.6 Å². The van der Waals surface area contributed by atoms with E-state index in [4.69, 9.17) is 22.1 Å². The number of esters is 1. The van der Waals surface area contributed by atoms with Crippen molar-refractivity contribution in [2.24, 2.45) is 11.1 Å². The third kappa shape index (κ3) is 5.36. The molecule has 0 saturated carbocycles. The zero-order valence-electron chi connectivity index (χ0n) is 16.2. The lowest BCUT2D eigenvalue weighted by molar-refractivity contribution is -0.171. The van der Waals surface area contributed by atoms with Crippen molar-refractivity contribution in [1.82, 2.24) is 10.2 Å². The van der Waals surface area contributed by atoms with Gasteiger partial charge in [-0.05, 0) is 57.9 Å². The molecule has 2 atom stereocenters. The highest BCUT2D eigenvalue weighted by Crippen LogP contribution is 2.36. The molecule has 28 heavy (non-hydrogen) atoms. The van der Waals surface area contributed by atoms with E-state index in [1.807, 2.05) is 0 Å². The lowest BCUT2D eigenvalue weighted by Crippen LogP contribution is -2.59. The number of amides is 2. The molecular weight excluding hydrogens is 386 g/mol. The number of nitrogens with two attached hydrogens (primary N) is 1. The molecule has 1 fully saturated rings. The smallest absolute Gasteiger partial charge is 0.408 e. The minimum atomic E-state index is -1.14. The standard InChI is InChI=1S/C19H26ClN3O5/c1-18(2,3)28-16(25)19(8-9-23(17(26)27)14(21)10-19)11-22-15(24)12-4-6-13(20)7-5-12/h4-7,14H,8-11,21H2,1-3H3,(H,22,24)(H,26,27). The number of carbonyl (C=O) groups is 3. The van der Waals surface area contributed by atoms with E-state index in [1.54, 1.807) is 45.0 Å². The van der Waals surface area contributed by atoms with Gasteiger partial charge in [0.05, 0.1) is 11.6 Å². The number of halogens is 1. The van der Waals surface area contributed by atoms with E-state index in [0.29, 0.717) is 10.6 Å². The Balaban J connectivity index is 2.19. The van der Waals surface area contributed by atoms with E-state index in [0.717, 1.165) is 4.90 Å². The predicted molar refractivity (Wildman–Crippen MR) is 104 cm³/mol. The normalized spacial score (nSPS) is 22.5.